The van der Waals surface area contributed by atoms with Crippen LogP contribution in [0.25, 0.3) is 0 Å². The standard InChI is InChI=1S/C13H19NO/c1-3-9-14-11-12-7-5-6-8-13(12)15-10-4-2/h4-8,14H,2-3,9-11H2,1H3. The maximum atomic E-state index is 5.56. The fraction of sp³-hybridized carbons (Fsp3) is 0.385. The normalized spacial score (nSPS) is 9.93. The zero-order valence-electron chi connectivity index (χ0n) is 9.33. The van der Waals surface area contributed by atoms with Crippen molar-refractivity contribution >= 4 is 0 Å². The SMILES string of the molecule is C=CCOc1ccccc1CNCCC. The lowest BCUT2D eigenvalue weighted by Crippen LogP contribution is -2.14. The largest absolute Gasteiger partial charge is 0.489 e. The number of hydrogen-bond acceptors (Lipinski definition) is 2. The van der Waals surface area contributed by atoms with Gasteiger partial charge < -0.3 is 10.1 Å². The lowest BCUT2D eigenvalue weighted by Gasteiger charge is -2.10. The number of ether oxygens (including phenoxy) is 1. The second kappa shape index (κ2) is 7.07. The lowest BCUT2D eigenvalue weighted by molar-refractivity contribution is 0.358. The van der Waals surface area contributed by atoms with Crippen LogP contribution in [-0.4, -0.2) is 13.2 Å². The molecule has 1 aromatic carbocycles. The summed E-state index contributed by atoms with van der Waals surface area (Å²) >= 11 is 0. The predicted octanol–water partition coefficient (Wildman–Crippen LogP) is 2.75. The van der Waals surface area contributed by atoms with E-state index in [1.807, 2.05) is 18.2 Å². The van der Waals surface area contributed by atoms with E-state index < -0.39 is 0 Å². The van der Waals surface area contributed by atoms with Crippen molar-refractivity contribution in [3.8, 4) is 5.75 Å². The van der Waals surface area contributed by atoms with Crippen LogP contribution in [-0.2, 0) is 6.54 Å². The van der Waals surface area contributed by atoms with E-state index in [9.17, 15) is 0 Å². The van der Waals surface area contributed by atoms with Crippen molar-refractivity contribution in [3.63, 3.8) is 0 Å². The third kappa shape index (κ3) is 4.17. The van der Waals surface area contributed by atoms with Gasteiger partial charge in [0.1, 0.15) is 12.4 Å². The topological polar surface area (TPSA) is 21.3 Å². The Morgan fingerprint density at radius 3 is 2.93 bits per heavy atom. The Morgan fingerprint density at radius 2 is 2.20 bits per heavy atom. The molecule has 0 amide bonds. The first-order valence-electron chi connectivity index (χ1n) is 5.40. The van der Waals surface area contributed by atoms with Crippen LogP contribution in [0.5, 0.6) is 5.75 Å². The van der Waals surface area contributed by atoms with E-state index in [1.54, 1.807) is 6.08 Å². The van der Waals surface area contributed by atoms with Gasteiger partial charge >= 0.3 is 0 Å². The Hall–Kier alpha value is -1.28. The Labute approximate surface area is 92.0 Å². The third-order valence-corrected chi connectivity index (χ3v) is 2.07. The van der Waals surface area contributed by atoms with Crippen LogP contribution in [0.4, 0.5) is 0 Å². The van der Waals surface area contributed by atoms with Crippen molar-refractivity contribution in [2.75, 3.05) is 13.2 Å². The Morgan fingerprint density at radius 1 is 1.40 bits per heavy atom. The Balaban J connectivity index is 2.55. The van der Waals surface area contributed by atoms with Crippen LogP contribution in [0.3, 0.4) is 0 Å². The van der Waals surface area contributed by atoms with Crippen molar-refractivity contribution in [1.29, 1.82) is 0 Å². The molecule has 1 aromatic rings. The highest BCUT2D eigenvalue weighted by molar-refractivity contribution is 5.33. The molecule has 2 heteroatoms. The van der Waals surface area contributed by atoms with Crippen LogP contribution in [0.2, 0.25) is 0 Å². The first-order valence-corrected chi connectivity index (χ1v) is 5.40. The molecule has 1 N–H and O–H groups in total. The van der Waals surface area contributed by atoms with Gasteiger partial charge in [-0.15, -0.1) is 0 Å². The molecule has 0 aliphatic rings. The number of hydrogen-bond donors (Lipinski definition) is 1. The minimum atomic E-state index is 0.560. The van der Waals surface area contributed by atoms with Gasteiger partial charge in [0.05, 0.1) is 0 Å². The highest BCUT2D eigenvalue weighted by atomic mass is 16.5. The molecule has 0 bridgehead atoms. The molecule has 0 saturated carbocycles. The van der Waals surface area contributed by atoms with Gasteiger partial charge in [-0.25, -0.2) is 0 Å². The summed E-state index contributed by atoms with van der Waals surface area (Å²) in [5.41, 5.74) is 1.20. The van der Waals surface area contributed by atoms with Crippen molar-refractivity contribution in [3.05, 3.63) is 42.5 Å². The second-order valence-corrected chi connectivity index (χ2v) is 3.38. The van der Waals surface area contributed by atoms with Crippen molar-refractivity contribution in [1.82, 2.24) is 5.32 Å². The minimum absolute atomic E-state index is 0.560. The summed E-state index contributed by atoms with van der Waals surface area (Å²) in [4.78, 5) is 0. The zero-order valence-corrected chi connectivity index (χ0v) is 9.33. The van der Waals surface area contributed by atoms with E-state index in [2.05, 4.69) is 24.9 Å². The molecular weight excluding hydrogens is 186 g/mol. The van der Waals surface area contributed by atoms with Gasteiger partial charge in [0, 0.05) is 12.1 Å². The van der Waals surface area contributed by atoms with Crippen LogP contribution < -0.4 is 10.1 Å². The van der Waals surface area contributed by atoms with Gasteiger partial charge in [-0.05, 0) is 19.0 Å². The highest BCUT2D eigenvalue weighted by Crippen LogP contribution is 2.17. The zero-order chi connectivity index (χ0) is 10.9. The number of rotatable bonds is 7. The molecule has 0 fully saturated rings. The summed E-state index contributed by atoms with van der Waals surface area (Å²) in [5, 5.41) is 3.36. The number of benzene rings is 1. The molecule has 2 nitrogen and oxygen atoms in total. The van der Waals surface area contributed by atoms with E-state index in [4.69, 9.17) is 4.74 Å². The molecule has 0 aromatic heterocycles. The molecule has 0 radical (unpaired) electrons. The van der Waals surface area contributed by atoms with Crippen molar-refractivity contribution < 1.29 is 4.74 Å². The average molecular weight is 205 g/mol. The molecule has 0 spiro atoms. The summed E-state index contributed by atoms with van der Waals surface area (Å²) in [6, 6.07) is 8.10. The highest BCUT2D eigenvalue weighted by Gasteiger charge is 2.00. The summed E-state index contributed by atoms with van der Waals surface area (Å²) in [6.45, 7) is 8.26. The molecule has 82 valence electrons. The van der Waals surface area contributed by atoms with Crippen LogP contribution >= 0.6 is 0 Å². The maximum absolute atomic E-state index is 5.56. The number of para-hydroxylation sites is 1. The first kappa shape index (κ1) is 11.8. The molecule has 0 atom stereocenters. The van der Waals surface area contributed by atoms with Crippen molar-refractivity contribution in [2.24, 2.45) is 0 Å². The Kier molecular flexibility index (Phi) is 5.56. The summed E-state index contributed by atoms with van der Waals surface area (Å²) < 4.78 is 5.56. The third-order valence-electron chi connectivity index (χ3n) is 2.07. The van der Waals surface area contributed by atoms with E-state index in [0.29, 0.717) is 6.61 Å². The smallest absolute Gasteiger partial charge is 0.124 e. The molecule has 15 heavy (non-hydrogen) atoms. The van der Waals surface area contributed by atoms with Crippen LogP contribution in [0.1, 0.15) is 18.9 Å². The van der Waals surface area contributed by atoms with Gasteiger partial charge in [-0.3, -0.25) is 0 Å². The molecule has 0 saturated heterocycles. The average Bonchev–Trinajstić information content (AvgIpc) is 2.28. The van der Waals surface area contributed by atoms with Gasteiger partial charge in [-0.2, -0.15) is 0 Å². The quantitative estimate of drug-likeness (QED) is 0.546. The van der Waals surface area contributed by atoms with Crippen molar-refractivity contribution in [2.45, 2.75) is 19.9 Å². The minimum Gasteiger partial charge on any atom is -0.489 e. The summed E-state index contributed by atoms with van der Waals surface area (Å²) in [6.07, 6.45) is 2.91. The van der Waals surface area contributed by atoms with Gasteiger partial charge in [0.2, 0.25) is 0 Å². The molecule has 0 aliphatic heterocycles. The molecule has 0 heterocycles. The monoisotopic (exact) mass is 205 g/mol. The molecule has 0 unspecified atom stereocenters. The van der Waals surface area contributed by atoms with Crippen LogP contribution in [0.15, 0.2) is 36.9 Å². The van der Waals surface area contributed by atoms with Gasteiger partial charge in [0.25, 0.3) is 0 Å². The molecular formula is C13H19NO. The fourth-order valence-corrected chi connectivity index (χ4v) is 1.34. The summed E-state index contributed by atoms with van der Waals surface area (Å²) in [5.74, 6) is 0.945. The molecule has 1 rings (SSSR count). The maximum Gasteiger partial charge on any atom is 0.124 e. The number of nitrogens with one attached hydrogen (secondary N) is 1. The lowest BCUT2D eigenvalue weighted by atomic mass is 10.2. The van der Waals surface area contributed by atoms with Crippen LogP contribution in [0, 0.1) is 0 Å². The predicted molar refractivity (Wildman–Crippen MR) is 64.1 cm³/mol. The molecule has 0 aliphatic carbocycles. The van der Waals surface area contributed by atoms with Gasteiger partial charge in [0.15, 0.2) is 0 Å². The van der Waals surface area contributed by atoms with E-state index in [1.165, 1.54) is 5.56 Å². The van der Waals surface area contributed by atoms with Gasteiger partial charge in [-0.1, -0.05) is 37.8 Å². The van der Waals surface area contributed by atoms with E-state index >= 15 is 0 Å². The fourth-order valence-electron chi connectivity index (χ4n) is 1.34. The first-order chi connectivity index (χ1) is 7.38. The van der Waals surface area contributed by atoms with E-state index in [-0.39, 0.29) is 0 Å². The summed E-state index contributed by atoms with van der Waals surface area (Å²) in [7, 11) is 0. The second-order valence-electron chi connectivity index (χ2n) is 3.38. The van der Waals surface area contributed by atoms with E-state index in [0.717, 1.165) is 25.3 Å². The Bertz CT molecular complexity index is 296.